The van der Waals surface area contributed by atoms with Gasteiger partial charge < -0.3 is 9.66 Å². The van der Waals surface area contributed by atoms with Crippen LogP contribution in [-0.4, -0.2) is 29.4 Å². The minimum absolute atomic E-state index is 0. The summed E-state index contributed by atoms with van der Waals surface area (Å²) in [6.07, 6.45) is 2.55. The summed E-state index contributed by atoms with van der Waals surface area (Å²) in [6.45, 7) is 3.40. The SMILES string of the molecule is CCC(CCCCC(C)O)S(=O)(=O)[O-].[Na+]. The molecule has 0 amide bonds. The summed E-state index contributed by atoms with van der Waals surface area (Å²) in [5.74, 6) is 0. The Labute approximate surface area is 114 Å². The smallest absolute Gasteiger partial charge is 0.748 e. The maximum atomic E-state index is 10.7. The second-order valence-electron chi connectivity index (χ2n) is 3.66. The Balaban J connectivity index is 0. The van der Waals surface area contributed by atoms with Crippen molar-refractivity contribution in [2.24, 2.45) is 0 Å². The van der Waals surface area contributed by atoms with E-state index in [2.05, 4.69) is 0 Å². The van der Waals surface area contributed by atoms with Crippen molar-refractivity contribution in [2.75, 3.05) is 0 Å². The van der Waals surface area contributed by atoms with E-state index in [0.717, 1.165) is 6.42 Å². The molecular weight excluding hydrogens is 227 g/mol. The van der Waals surface area contributed by atoms with Gasteiger partial charge in [0.25, 0.3) is 0 Å². The molecule has 0 rings (SSSR count). The van der Waals surface area contributed by atoms with Crippen LogP contribution in [0.3, 0.4) is 0 Å². The summed E-state index contributed by atoms with van der Waals surface area (Å²) in [7, 11) is -4.13. The van der Waals surface area contributed by atoms with Crippen LogP contribution in [0.1, 0.15) is 46.0 Å². The number of rotatable bonds is 7. The molecule has 0 aliphatic heterocycles. The molecule has 4 nitrogen and oxygen atoms in total. The largest absolute Gasteiger partial charge is 1.00 e. The van der Waals surface area contributed by atoms with Gasteiger partial charge in [-0.3, -0.25) is 0 Å². The van der Waals surface area contributed by atoms with Crippen molar-refractivity contribution in [3.8, 4) is 0 Å². The molecule has 2 atom stereocenters. The molecule has 0 aliphatic carbocycles. The van der Waals surface area contributed by atoms with Gasteiger partial charge in [0.05, 0.1) is 16.2 Å². The Morgan fingerprint density at radius 3 is 2.07 bits per heavy atom. The van der Waals surface area contributed by atoms with Gasteiger partial charge in [-0.05, 0) is 26.2 Å². The predicted octanol–water partition coefficient (Wildman–Crippen LogP) is -1.74. The van der Waals surface area contributed by atoms with E-state index in [1.165, 1.54) is 0 Å². The number of hydrogen-bond acceptors (Lipinski definition) is 4. The summed E-state index contributed by atoms with van der Waals surface area (Å²) in [5.41, 5.74) is 0. The molecule has 0 aromatic rings. The molecule has 0 aromatic heterocycles. The van der Waals surface area contributed by atoms with E-state index >= 15 is 0 Å². The number of aliphatic hydroxyl groups is 1. The summed E-state index contributed by atoms with van der Waals surface area (Å²) in [6, 6.07) is 0. The summed E-state index contributed by atoms with van der Waals surface area (Å²) < 4.78 is 32.1. The monoisotopic (exact) mass is 246 g/mol. The van der Waals surface area contributed by atoms with Crippen LogP contribution in [0.4, 0.5) is 0 Å². The zero-order valence-corrected chi connectivity index (χ0v) is 12.6. The summed E-state index contributed by atoms with van der Waals surface area (Å²) >= 11 is 0. The minimum Gasteiger partial charge on any atom is -0.748 e. The summed E-state index contributed by atoms with van der Waals surface area (Å²) in [4.78, 5) is 0. The van der Waals surface area contributed by atoms with Gasteiger partial charge in [-0.15, -0.1) is 0 Å². The average Bonchev–Trinajstić information content (AvgIpc) is 2.01. The molecule has 0 saturated heterocycles. The molecule has 15 heavy (non-hydrogen) atoms. The maximum Gasteiger partial charge on any atom is 1.00 e. The van der Waals surface area contributed by atoms with Crippen molar-refractivity contribution in [3.05, 3.63) is 0 Å². The average molecular weight is 246 g/mol. The number of aliphatic hydroxyl groups excluding tert-OH is 1. The fraction of sp³-hybridized carbons (Fsp3) is 1.00. The number of hydrogen-bond donors (Lipinski definition) is 1. The van der Waals surface area contributed by atoms with Crippen LogP contribution in [0, 0.1) is 0 Å². The number of unbranched alkanes of at least 4 members (excludes halogenated alkanes) is 1. The Hall–Kier alpha value is 0.870. The van der Waals surface area contributed by atoms with Crippen molar-refractivity contribution in [3.63, 3.8) is 0 Å². The van der Waals surface area contributed by atoms with Crippen LogP contribution in [-0.2, 0) is 10.1 Å². The van der Waals surface area contributed by atoms with E-state index in [0.29, 0.717) is 25.7 Å². The zero-order chi connectivity index (χ0) is 11.2. The molecule has 1 N–H and O–H groups in total. The first-order chi connectivity index (χ1) is 6.38. The zero-order valence-electron chi connectivity index (χ0n) is 9.77. The van der Waals surface area contributed by atoms with E-state index in [4.69, 9.17) is 5.11 Å². The molecule has 2 unspecified atom stereocenters. The molecule has 0 saturated carbocycles. The van der Waals surface area contributed by atoms with Gasteiger partial charge in [-0.1, -0.05) is 19.8 Å². The Morgan fingerprint density at radius 2 is 1.73 bits per heavy atom. The van der Waals surface area contributed by atoms with E-state index in [9.17, 15) is 13.0 Å². The van der Waals surface area contributed by atoms with Gasteiger partial charge >= 0.3 is 29.6 Å². The third-order valence-electron chi connectivity index (χ3n) is 2.26. The fourth-order valence-corrected chi connectivity index (χ4v) is 2.23. The van der Waals surface area contributed by atoms with Gasteiger partial charge in [-0.25, -0.2) is 8.42 Å². The molecular formula is C9H19NaO4S. The first-order valence-electron chi connectivity index (χ1n) is 5.00. The predicted molar refractivity (Wildman–Crippen MR) is 53.9 cm³/mol. The van der Waals surface area contributed by atoms with Gasteiger partial charge in [0.1, 0.15) is 0 Å². The second-order valence-corrected chi connectivity index (χ2v) is 5.31. The normalized spacial score (nSPS) is 15.5. The standard InChI is InChI=1S/C9H20O4S.Na/c1-3-9(14(11,12)13)7-5-4-6-8(2)10;/h8-10H,3-7H2,1-2H3,(H,11,12,13);/q;+1/p-1. The van der Waals surface area contributed by atoms with Crippen LogP contribution in [0.5, 0.6) is 0 Å². The van der Waals surface area contributed by atoms with E-state index in [-0.39, 0.29) is 35.7 Å². The van der Waals surface area contributed by atoms with E-state index in [1.807, 2.05) is 0 Å². The Kier molecular flexibility index (Phi) is 10.9. The molecule has 6 heteroatoms. The van der Waals surface area contributed by atoms with Crippen LogP contribution in [0.25, 0.3) is 0 Å². The van der Waals surface area contributed by atoms with Gasteiger partial charge in [0.15, 0.2) is 0 Å². The van der Waals surface area contributed by atoms with Crippen molar-refractivity contribution < 1.29 is 47.6 Å². The van der Waals surface area contributed by atoms with E-state index in [1.54, 1.807) is 13.8 Å². The van der Waals surface area contributed by atoms with Crippen LogP contribution in [0.15, 0.2) is 0 Å². The third-order valence-corrected chi connectivity index (χ3v) is 3.65. The maximum absolute atomic E-state index is 10.7. The summed E-state index contributed by atoms with van der Waals surface area (Å²) in [5, 5.41) is 8.20. The van der Waals surface area contributed by atoms with Gasteiger partial charge in [0, 0.05) is 5.25 Å². The fourth-order valence-electron chi connectivity index (χ4n) is 1.36. The first kappa shape index (κ1) is 18.2. The molecule has 0 aliphatic rings. The van der Waals surface area contributed by atoms with Crippen LogP contribution in [0.2, 0.25) is 0 Å². The quantitative estimate of drug-likeness (QED) is 0.328. The molecule has 0 heterocycles. The third kappa shape index (κ3) is 9.78. The molecule has 0 spiro atoms. The minimum atomic E-state index is -4.13. The topological polar surface area (TPSA) is 77.4 Å². The molecule has 0 fully saturated rings. The van der Waals surface area contributed by atoms with Gasteiger partial charge in [0.2, 0.25) is 0 Å². The molecule has 0 bridgehead atoms. The first-order valence-corrected chi connectivity index (χ1v) is 6.47. The van der Waals surface area contributed by atoms with Crippen molar-refractivity contribution >= 4 is 10.1 Å². The second kappa shape index (κ2) is 8.96. The van der Waals surface area contributed by atoms with Crippen LogP contribution < -0.4 is 29.6 Å². The Morgan fingerprint density at radius 1 is 1.27 bits per heavy atom. The van der Waals surface area contributed by atoms with Crippen molar-refractivity contribution in [1.82, 2.24) is 0 Å². The van der Waals surface area contributed by atoms with Crippen molar-refractivity contribution in [1.29, 1.82) is 0 Å². The van der Waals surface area contributed by atoms with Gasteiger partial charge in [-0.2, -0.15) is 0 Å². The van der Waals surface area contributed by atoms with Crippen molar-refractivity contribution in [2.45, 2.75) is 57.3 Å². The molecule has 86 valence electrons. The Bertz CT molecular complexity index is 238. The van der Waals surface area contributed by atoms with E-state index < -0.39 is 15.4 Å². The molecule has 0 aromatic carbocycles. The molecule has 0 radical (unpaired) electrons. The van der Waals surface area contributed by atoms with Crippen LogP contribution >= 0.6 is 0 Å².